The second-order valence-corrected chi connectivity index (χ2v) is 9.22. The van der Waals surface area contributed by atoms with Gasteiger partial charge in [0, 0.05) is 46.7 Å². The number of para-hydroxylation sites is 1. The zero-order valence-electron chi connectivity index (χ0n) is 19.6. The van der Waals surface area contributed by atoms with E-state index < -0.39 is 0 Å². The van der Waals surface area contributed by atoms with Crippen LogP contribution in [0.1, 0.15) is 47.8 Å². The minimum Gasteiger partial charge on any atom is -0.471 e. The molecule has 0 aromatic heterocycles. The lowest BCUT2D eigenvalue weighted by molar-refractivity contribution is -0.117. The number of hydrogen-bond acceptors (Lipinski definition) is 4. The molecule has 6 nitrogen and oxygen atoms in total. The average Bonchev–Trinajstić information content (AvgIpc) is 3.40. The fourth-order valence-corrected chi connectivity index (χ4v) is 5.02. The first kappa shape index (κ1) is 23.0. The summed E-state index contributed by atoms with van der Waals surface area (Å²) in [7, 11) is 0. The molecule has 2 atom stereocenters. The number of hydrogen-bond donors (Lipinski definition) is 1. The molecule has 2 aliphatic heterocycles. The third-order valence-electron chi connectivity index (χ3n) is 6.50. The van der Waals surface area contributed by atoms with Crippen molar-refractivity contribution in [2.75, 3.05) is 16.5 Å². The Kier molecular flexibility index (Phi) is 6.22. The second-order valence-electron chi connectivity index (χ2n) is 8.78. The normalized spacial score (nSPS) is 18.7. The van der Waals surface area contributed by atoms with Gasteiger partial charge in [-0.2, -0.15) is 0 Å². The first-order valence-electron chi connectivity index (χ1n) is 11.6. The maximum atomic E-state index is 13.7. The van der Waals surface area contributed by atoms with Gasteiger partial charge in [0.25, 0.3) is 5.91 Å². The Morgan fingerprint density at radius 1 is 1.03 bits per heavy atom. The average molecular weight is 488 g/mol. The number of nitrogens with one attached hydrogen (secondary N) is 1. The lowest BCUT2D eigenvalue weighted by atomic mass is 9.89. The van der Waals surface area contributed by atoms with Crippen molar-refractivity contribution >= 4 is 40.5 Å². The van der Waals surface area contributed by atoms with Gasteiger partial charge in [-0.25, -0.2) is 0 Å². The van der Waals surface area contributed by atoms with E-state index in [0.29, 0.717) is 23.7 Å². The predicted molar refractivity (Wildman–Crippen MR) is 138 cm³/mol. The number of carbonyl (C=O) groups excluding carboxylic acids is 2. The van der Waals surface area contributed by atoms with E-state index in [9.17, 15) is 9.59 Å². The molecule has 2 aliphatic rings. The van der Waals surface area contributed by atoms with Gasteiger partial charge in [0.05, 0.1) is 6.04 Å². The highest BCUT2D eigenvalue weighted by Gasteiger charge is 2.38. The summed E-state index contributed by atoms with van der Waals surface area (Å²) in [5.41, 5.74) is 4.05. The second kappa shape index (κ2) is 9.47. The van der Waals surface area contributed by atoms with Crippen LogP contribution >= 0.6 is 11.6 Å². The lowest BCUT2D eigenvalue weighted by Gasteiger charge is -2.43. The number of benzene rings is 3. The van der Waals surface area contributed by atoms with Crippen LogP contribution < -0.4 is 15.1 Å². The van der Waals surface area contributed by atoms with Crippen LogP contribution in [0.2, 0.25) is 5.02 Å². The van der Waals surface area contributed by atoms with Crippen LogP contribution in [0.25, 0.3) is 5.76 Å². The Hall–Kier alpha value is -3.77. The van der Waals surface area contributed by atoms with E-state index in [1.54, 1.807) is 24.0 Å². The molecule has 0 fully saturated rings. The topological polar surface area (TPSA) is 61.9 Å². The van der Waals surface area contributed by atoms with Crippen molar-refractivity contribution in [1.29, 1.82) is 0 Å². The Labute approximate surface area is 209 Å². The summed E-state index contributed by atoms with van der Waals surface area (Å²) < 4.78 is 5.53. The molecule has 3 aromatic rings. The van der Waals surface area contributed by atoms with Crippen molar-refractivity contribution in [2.24, 2.45) is 0 Å². The van der Waals surface area contributed by atoms with E-state index in [4.69, 9.17) is 16.3 Å². The molecule has 2 amide bonds. The van der Waals surface area contributed by atoms with E-state index in [-0.39, 0.29) is 23.9 Å². The number of anilines is 2. The van der Waals surface area contributed by atoms with Gasteiger partial charge in [0.1, 0.15) is 5.76 Å². The van der Waals surface area contributed by atoms with Crippen LogP contribution in [0.4, 0.5) is 11.4 Å². The Morgan fingerprint density at radius 3 is 2.40 bits per heavy atom. The lowest BCUT2D eigenvalue weighted by Crippen LogP contribution is -2.47. The molecule has 0 saturated carbocycles. The molecule has 5 rings (SSSR count). The van der Waals surface area contributed by atoms with Gasteiger partial charge in [0.2, 0.25) is 5.91 Å². The molecular formula is C28H26ClN3O3. The molecule has 3 aromatic carbocycles. The Bertz CT molecular complexity index is 1290. The molecule has 2 heterocycles. The molecule has 1 N–H and O–H groups in total. The molecule has 0 radical (unpaired) electrons. The molecule has 7 heteroatoms. The summed E-state index contributed by atoms with van der Waals surface area (Å²) >= 11 is 6.08. The number of carbonyl (C=O) groups is 2. The number of fused-ring (bicyclic) bond motifs is 1. The monoisotopic (exact) mass is 487 g/mol. The Balaban J connectivity index is 1.49. The summed E-state index contributed by atoms with van der Waals surface area (Å²) in [6, 6.07) is 22.2. The highest BCUT2D eigenvalue weighted by molar-refractivity contribution is 6.30. The largest absolute Gasteiger partial charge is 0.471 e. The highest BCUT2D eigenvalue weighted by atomic mass is 35.5. The van der Waals surface area contributed by atoms with Gasteiger partial charge in [-0.3, -0.25) is 9.59 Å². The number of halogens is 1. The molecule has 0 aliphatic carbocycles. The van der Waals surface area contributed by atoms with Crippen LogP contribution in [0.3, 0.4) is 0 Å². The maximum absolute atomic E-state index is 13.7. The summed E-state index contributed by atoms with van der Waals surface area (Å²) in [6.07, 6.45) is 2.43. The summed E-state index contributed by atoms with van der Waals surface area (Å²) in [5, 5.41) is 3.63. The molecule has 0 bridgehead atoms. The standard InChI is InChI=1S/C28H26ClN3O3/c1-18-15-26(32(19(2)33)23-13-11-22(29)12-14-23)24-5-3-4-6-25(24)31(18)28(34)21-9-7-20(8-10-21)27-16-30-17-35-27/h3-14,16,18,26,30H,15,17H2,1-2H3/t18-,26+/m0/s1. The van der Waals surface area contributed by atoms with E-state index in [2.05, 4.69) is 5.32 Å². The summed E-state index contributed by atoms with van der Waals surface area (Å²) in [6.45, 7) is 4.05. The van der Waals surface area contributed by atoms with E-state index in [1.807, 2.05) is 78.7 Å². The van der Waals surface area contributed by atoms with Crippen molar-refractivity contribution in [2.45, 2.75) is 32.4 Å². The zero-order valence-corrected chi connectivity index (χ0v) is 20.3. The number of nitrogens with zero attached hydrogens (tertiary/aromatic N) is 2. The van der Waals surface area contributed by atoms with Crippen molar-refractivity contribution in [3.63, 3.8) is 0 Å². The number of amides is 2. The van der Waals surface area contributed by atoms with Gasteiger partial charge in [-0.15, -0.1) is 0 Å². The molecule has 0 saturated heterocycles. The van der Waals surface area contributed by atoms with Crippen molar-refractivity contribution < 1.29 is 14.3 Å². The van der Waals surface area contributed by atoms with Crippen LogP contribution in [0, 0.1) is 0 Å². The minimum atomic E-state index is -0.203. The van der Waals surface area contributed by atoms with Gasteiger partial charge in [-0.1, -0.05) is 41.9 Å². The van der Waals surface area contributed by atoms with Crippen molar-refractivity contribution in [1.82, 2.24) is 5.32 Å². The predicted octanol–water partition coefficient (Wildman–Crippen LogP) is 5.75. The van der Waals surface area contributed by atoms with E-state index >= 15 is 0 Å². The van der Waals surface area contributed by atoms with Crippen LogP contribution in [0.15, 0.2) is 79.0 Å². The summed E-state index contributed by atoms with van der Waals surface area (Å²) in [4.78, 5) is 30.2. The van der Waals surface area contributed by atoms with E-state index in [0.717, 1.165) is 28.3 Å². The summed E-state index contributed by atoms with van der Waals surface area (Å²) in [5.74, 6) is 0.623. The van der Waals surface area contributed by atoms with Crippen molar-refractivity contribution in [3.05, 3.63) is 101 Å². The van der Waals surface area contributed by atoms with Crippen molar-refractivity contribution in [3.8, 4) is 0 Å². The first-order chi connectivity index (χ1) is 16.9. The highest BCUT2D eigenvalue weighted by Crippen LogP contribution is 2.43. The third kappa shape index (κ3) is 4.37. The first-order valence-corrected chi connectivity index (χ1v) is 12.0. The molecule has 35 heavy (non-hydrogen) atoms. The van der Waals surface area contributed by atoms with E-state index in [1.165, 1.54) is 0 Å². The molecule has 178 valence electrons. The van der Waals surface area contributed by atoms with Gasteiger partial charge in [0.15, 0.2) is 6.73 Å². The van der Waals surface area contributed by atoms with Gasteiger partial charge < -0.3 is 19.9 Å². The molecular weight excluding hydrogens is 462 g/mol. The molecule has 0 unspecified atom stereocenters. The third-order valence-corrected chi connectivity index (χ3v) is 6.75. The SMILES string of the molecule is CC(=O)N(c1ccc(Cl)cc1)[C@@H]1C[C@H](C)N(C(=O)c2ccc(C3=CNCO3)cc2)c2ccccc21. The Morgan fingerprint density at radius 2 is 1.74 bits per heavy atom. The number of ether oxygens (including phenoxy) is 1. The van der Waals surface area contributed by atoms with Crippen LogP contribution in [-0.2, 0) is 9.53 Å². The van der Waals surface area contributed by atoms with Crippen LogP contribution in [-0.4, -0.2) is 24.6 Å². The van der Waals surface area contributed by atoms with Gasteiger partial charge >= 0.3 is 0 Å². The fraction of sp³-hybridized carbons (Fsp3) is 0.214. The number of rotatable bonds is 4. The molecule has 0 spiro atoms. The smallest absolute Gasteiger partial charge is 0.258 e. The fourth-order valence-electron chi connectivity index (χ4n) is 4.90. The quantitative estimate of drug-likeness (QED) is 0.509. The van der Waals surface area contributed by atoms with Gasteiger partial charge in [-0.05, 0) is 61.4 Å². The van der Waals surface area contributed by atoms with Crippen LogP contribution in [0.5, 0.6) is 0 Å². The zero-order chi connectivity index (χ0) is 24.5. The maximum Gasteiger partial charge on any atom is 0.258 e. The minimum absolute atomic E-state index is 0.0624.